The molecule has 0 amide bonds. The van der Waals surface area contributed by atoms with E-state index >= 15 is 0 Å². The fraction of sp³-hybridized carbons (Fsp3) is 0. The molecule has 0 N–H and O–H groups in total. The van der Waals surface area contributed by atoms with Crippen LogP contribution in [0.2, 0.25) is 0 Å². The van der Waals surface area contributed by atoms with Gasteiger partial charge >= 0.3 is 0 Å². The van der Waals surface area contributed by atoms with Crippen molar-refractivity contribution in [3.05, 3.63) is 109 Å². The van der Waals surface area contributed by atoms with Crippen LogP contribution in [0.5, 0.6) is 11.5 Å². The van der Waals surface area contributed by atoms with Gasteiger partial charge in [0.15, 0.2) is 0 Å². The van der Waals surface area contributed by atoms with Crippen LogP contribution in [-0.2, 0) is 0 Å². The Hall–Kier alpha value is -4.24. The van der Waals surface area contributed by atoms with Crippen molar-refractivity contribution in [1.29, 1.82) is 0 Å². The Balaban J connectivity index is 1.54. The summed E-state index contributed by atoms with van der Waals surface area (Å²) in [7, 11) is 0. The Kier molecular flexibility index (Phi) is 3.24. The molecule has 1 aromatic heterocycles. The molecule has 0 aliphatic carbocycles. The molecule has 2 nitrogen and oxygen atoms in total. The number of rotatable bonds is 1. The second-order valence-corrected chi connectivity index (χ2v) is 8.94. The Labute approximate surface area is 191 Å². The molecule has 2 aliphatic rings. The minimum atomic E-state index is 0.176. The molecule has 152 valence electrons. The number of nitrogens with zero attached hydrogens (tertiary/aromatic N) is 1. The maximum absolute atomic E-state index is 6.44. The van der Waals surface area contributed by atoms with Crippen LogP contribution in [0, 0.1) is 0 Å². The molecule has 0 bridgehead atoms. The summed E-state index contributed by atoms with van der Waals surface area (Å²) in [4.78, 5) is 0. The lowest BCUT2D eigenvalue weighted by Crippen LogP contribution is -2.58. The number of ether oxygens (including phenoxy) is 1. The summed E-state index contributed by atoms with van der Waals surface area (Å²) in [6.45, 7) is 0.176. The molecule has 3 heteroatoms. The number of hydrogen-bond acceptors (Lipinski definition) is 1. The minimum absolute atomic E-state index is 0.176. The molecular formula is C30H18BNO. The van der Waals surface area contributed by atoms with Crippen LogP contribution < -0.4 is 21.1 Å². The SMILES string of the molecule is c1ccc(-c2ccc3c4ccc5c6c4n(c3c2)-c2ccccc2B6c2ccccc2O5)cc1. The van der Waals surface area contributed by atoms with Crippen LogP contribution in [0.3, 0.4) is 0 Å². The third kappa shape index (κ3) is 2.19. The number of benzene rings is 5. The van der Waals surface area contributed by atoms with Gasteiger partial charge in [0, 0.05) is 16.5 Å². The predicted octanol–water partition coefficient (Wildman–Crippen LogP) is 5.39. The van der Waals surface area contributed by atoms with Crippen molar-refractivity contribution < 1.29 is 4.74 Å². The Bertz CT molecular complexity index is 1750. The summed E-state index contributed by atoms with van der Waals surface area (Å²) < 4.78 is 8.89. The second kappa shape index (κ2) is 6.17. The van der Waals surface area contributed by atoms with Gasteiger partial charge < -0.3 is 9.30 Å². The van der Waals surface area contributed by atoms with Gasteiger partial charge in [-0.2, -0.15) is 0 Å². The van der Waals surface area contributed by atoms with Gasteiger partial charge in [-0.1, -0.05) is 78.9 Å². The van der Waals surface area contributed by atoms with Crippen molar-refractivity contribution in [3.8, 4) is 28.3 Å². The smallest absolute Gasteiger partial charge is 0.256 e. The Morgan fingerprint density at radius 2 is 1.33 bits per heavy atom. The van der Waals surface area contributed by atoms with Crippen LogP contribution >= 0.6 is 0 Å². The van der Waals surface area contributed by atoms with Crippen LogP contribution in [-0.4, -0.2) is 11.3 Å². The normalized spacial score (nSPS) is 13.0. The van der Waals surface area contributed by atoms with E-state index in [0.29, 0.717) is 0 Å². The lowest BCUT2D eigenvalue weighted by Gasteiger charge is -2.32. The van der Waals surface area contributed by atoms with Gasteiger partial charge in [-0.25, -0.2) is 0 Å². The first-order valence-corrected chi connectivity index (χ1v) is 11.4. The highest BCUT2D eigenvalue weighted by atomic mass is 16.5. The second-order valence-electron chi connectivity index (χ2n) is 8.94. The summed E-state index contributed by atoms with van der Waals surface area (Å²) in [6.07, 6.45) is 0. The van der Waals surface area contributed by atoms with Gasteiger partial charge in [0.05, 0.1) is 11.0 Å². The van der Waals surface area contributed by atoms with Crippen molar-refractivity contribution in [2.45, 2.75) is 0 Å². The lowest BCUT2D eigenvalue weighted by atomic mass is 9.34. The van der Waals surface area contributed by atoms with E-state index in [1.54, 1.807) is 0 Å². The first kappa shape index (κ1) is 17.3. The molecule has 0 saturated carbocycles. The summed E-state index contributed by atoms with van der Waals surface area (Å²) in [5, 5.41) is 2.56. The Morgan fingerprint density at radius 1 is 0.576 bits per heavy atom. The third-order valence-electron chi connectivity index (χ3n) is 7.26. The van der Waals surface area contributed by atoms with Crippen LogP contribution in [0.15, 0.2) is 109 Å². The van der Waals surface area contributed by atoms with Gasteiger partial charge in [-0.05, 0) is 57.8 Å². The van der Waals surface area contributed by atoms with Crippen LogP contribution in [0.4, 0.5) is 0 Å². The summed E-state index contributed by atoms with van der Waals surface area (Å²) in [6, 6.07) is 39.2. The summed E-state index contributed by atoms with van der Waals surface area (Å²) in [5.74, 6) is 1.92. The molecule has 2 aliphatic heterocycles. The molecule has 0 unspecified atom stereocenters. The quantitative estimate of drug-likeness (QED) is 0.326. The molecule has 0 radical (unpaired) electrons. The monoisotopic (exact) mass is 419 g/mol. The minimum Gasteiger partial charge on any atom is -0.458 e. The van der Waals surface area contributed by atoms with Crippen molar-refractivity contribution in [1.82, 2.24) is 4.57 Å². The molecule has 3 heterocycles. The zero-order chi connectivity index (χ0) is 21.5. The van der Waals surface area contributed by atoms with Crippen molar-refractivity contribution in [2.75, 3.05) is 0 Å². The number of aromatic nitrogens is 1. The summed E-state index contributed by atoms with van der Waals surface area (Å²) >= 11 is 0. The highest BCUT2D eigenvalue weighted by Gasteiger charge is 2.39. The van der Waals surface area contributed by atoms with Gasteiger partial charge in [0.1, 0.15) is 11.5 Å². The molecule has 8 rings (SSSR count). The number of para-hydroxylation sites is 2. The largest absolute Gasteiger partial charge is 0.458 e. The zero-order valence-corrected chi connectivity index (χ0v) is 17.8. The van der Waals surface area contributed by atoms with Crippen LogP contribution in [0.25, 0.3) is 38.6 Å². The first-order valence-electron chi connectivity index (χ1n) is 11.4. The van der Waals surface area contributed by atoms with Crippen LogP contribution in [0.1, 0.15) is 0 Å². The molecule has 0 atom stereocenters. The van der Waals surface area contributed by atoms with E-state index in [0.717, 1.165) is 11.5 Å². The highest BCUT2D eigenvalue weighted by molar-refractivity contribution is 6.99. The summed E-state index contributed by atoms with van der Waals surface area (Å²) in [5.41, 5.74) is 10.1. The van der Waals surface area contributed by atoms with E-state index < -0.39 is 0 Å². The van der Waals surface area contributed by atoms with E-state index in [1.807, 2.05) is 0 Å². The fourth-order valence-electron chi connectivity index (χ4n) is 5.89. The van der Waals surface area contributed by atoms with E-state index in [2.05, 4.69) is 114 Å². The van der Waals surface area contributed by atoms with E-state index in [9.17, 15) is 0 Å². The van der Waals surface area contributed by atoms with E-state index in [1.165, 1.54) is 55.0 Å². The number of fused-ring (bicyclic) bond motifs is 8. The standard InChI is InChI=1S/C30H18BNO/c1-2-8-19(9-3-1)20-14-15-21-22-16-17-28-29-30(22)32(26(21)18-20)25-12-6-4-10-23(25)31(29)24-11-5-7-13-27(24)33-28/h1-18H. The molecule has 5 aromatic carbocycles. The molecule has 6 aromatic rings. The molecule has 0 saturated heterocycles. The van der Waals surface area contributed by atoms with Gasteiger partial charge in [-0.3, -0.25) is 0 Å². The van der Waals surface area contributed by atoms with Crippen molar-refractivity contribution >= 4 is 44.9 Å². The predicted molar refractivity (Wildman–Crippen MR) is 137 cm³/mol. The average molecular weight is 419 g/mol. The number of hydrogen-bond donors (Lipinski definition) is 0. The van der Waals surface area contributed by atoms with E-state index in [4.69, 9.17) is 4.74 Å². The van der Waals surface area contributed by atoms with Gasteiger partial charge in [-0.15, -0.1) is 0 Å². The maximum Gasteiger partial charge on any atom is 0.256 e. The molecular weight excluding hydrogens is 401 g/mol. The van der Waals surface area contributed by atoms with Gasteiger partial charge in [0.2, 0.25) is 0 Å². The average Bonchev–Trinajstić information content (AvgIpc) is 3.22. The Morgan fingerprint density at radius 3 is 2.24 bits per heavy atom. The third-order valence-corrected chi connectivity index (χ3v) is 7.26. The van der Waals surface area contributed by atoms with Crippen molar-refractivity contribution in [3.63, 3.8) is 0 Å². The fourth-order valence-corrected chi connectivity index (χ4v) is 5.89. The molecule has 0 fully saturated rings. The van der Waals surface area contributed by atoms with Gasteiger partial charge in [0.25, 0.3) is 6.71 Å². The highest BCUT2D eigenvalue weighted by Crippen LogP contribution is 2.39. The lowest BCUT2D eigenvalue weighted by molar-refractivity contribution is 0.488. The maximum atomic E-state index is 6.44. The molecule has 0 spiro atoms. The van der Waals surface area contributed by atoms with E-state index in [-0.39, 0.29) is 6.71 Å². The first-order chi connectivity index (χ1) is 16.4. The van der Waals surface area contributed by atoms with Crippen molar-refractivity contribution in [2.24, 2.45) is 0 Å². The molecule has 33 heavy (non-hydrogen) atoms. The topological polar surface area (TPSA) is 14.2 Å². The zero-order valence-electron chi connectivity index (χ0n) is 17.8.